The molecule has 2 aliphatic heterocycles. The van der Waals surface area contributed by atoms with Gasteiger partial charge in [0.15, 0.2) is 11.5 Å². The van der Waals surface area contributed by atoms with E-state index in [4.69, 9.17) is 14.2 Å². The third kappa shape index (κ3) is 7.59. The van der Waals surface area contributed by atoms with Crippen LogP contribution in [0.25, 0.3) is 39.1 Å². The summed E-state index contributed by atoms with van der Waals surface area (Å²) in [6.45, 7) is 8.93. The van der Waals surface area contributed by atoms with Crippen LogP contribution < -0.4 is 4.74 Å². The highest BCUT2D eigenvalue weighted by molar-refractivity contribution is 6.00. The van der Waals surface area contributed by atoms with E-state index in [1.54, 1.807) is 53.9 Å². The minimum Gasteiger partial charge on any atom is -0.453 e. The molecule has 0 radical (unpaired) electrons. The van der Waals surface area contributed by atoms with E-state index in [1.807, 2.05) is 47.2 Å². The fourth-order valence-electron chi connectivity index (χ4n) is 6.66. The summed E-state index contributed by atoms with van der Waals surface area (Å²) in [7, 11) is 0. The van der Waals surface area contributed by atoms with Crippen molar-refractivity contribution in [3.05, 3.63) is 66.6 Å². The van der Waals surface area contributed by atoms with Crippen LogP contribution in [0.5, 0.6) is 11.5 Å². The predicted octanol–water partition coefficient (Wildman–Crippen LogP) is 9.23. The Balaban J connectivity index is 1.13. The first-order chi connectivity index (χ1) is 25.1. The molecule has 0 saturated carbocycles. The largest absolute Gasteiger partial charge is 0.453 e. The second-order valence-electron chi connectivity index (χ2n) is 15.9. The SMILES string of the molecule is CC(F)(F)CN(Cc1ncc(-c2ccc3c(c2)Oc2ccc(-c4cnc(C5CC(F)(F)CN5C(=O)OC(C)(C)C)[nH]4)c4ccn-3c24)[nH]1)C(=O)OC(C)(C)C. The Bertz CT molecular complexity index is 2240. The summed E-state index contributed by atoms with van der Waals surface area (Å²) < 4.78 is 76.3. The first-order valence-electron chi connectivity index (χ1n) is 17.4. The average Bonchev–Trinajstić information content (AvgIpc) is 3.85. The number of fused-ring (bicyclic) bond motifs is 2. The van der Waals surface area contributed by atoms with Crippen LogP contribution in [0.15, 0.2) is 55.0 Å². The van der Waals surface area contributed by atoms with E-state index in [9.17, 15) is 27.2 Å². The monoisotopic (exact) mass is 751 g/mol. The molecule has 1 saturated heterocycles. The Morgan fingerprint density at radius 3 is 2.37 bits per heavy atom. The third-order valence-electron chi connectivity index (χ3n) is 8.75. The normalized spacial score (nSPS) is 16.6. The lowest BCUT2D eigenvalue weighted by Gasteiger charge is -2.28. The van der Waals surface area contributed by atoms with Crippen molar-refractivity contribution < 1.29 is 41.4 Å². The Morgan fingerprint density at radius 1 is 0.944 bits per heavy atom. The molecule has 7 rings (SSSR count). The first kappa shape index (κ1) is 36.8. The zero-order valence-corrected chi connectivity index (χ0v) is 30.9. The second-order valence-corrected chi connectivity index (χ2v) is 15.9. The maximum Gasteiger partial charge on any atom is 0.411 e. The molecule has 2 amide bonds. The molecule has 5 aromatic rings. The van der Waals surface area contributed by atoms with E-state index < -0.39 is 60.8 Å². The zero-order valence-electron chi connectivity index (χ0n) is 30.9. The number of benzene rings is 2. The third-order valence-corrected chi connectivity index (χ3v) is 8.75. The summed E-state index contributed by atoms with van der Waals surface area (Å²) in [5, 5.41) is 0.823. The van der Waals surface area contributed by atoms with Gasteiger partial charge in [0, 0.05) is 36.1 Å². The van der Waals surface area contributed by atoms with Crippen LogP contribution in [-0.4, -0.2) is 82.6 Å². The molecule has 5 heterocycles. The zero-order chi connectivity index (χ0) is 39.0. The van der Waals surface area contributed by atoms with Gasteiger partial charge in [-0.05, 0) is 71.9 Å². The first-order valence-corrected chi connectivity index (χ1v) is 17.4. The predicted molar refractivity (Wildman–Crippen MR) is 191 cm³/mol. The molecule has 3 aromatic heterocycles. The number of aromatic amines is 2. The Hall–Kier alpha value is -5.54. The number of carbonyl (C=O) groups excluding carboxylic acids is 2. The van der Waals surface area contributed by atoms with E-state index in [-0.39, 0.29) is 12.4 Å². The molecule has 16 heteroatoms. The second kappa shape index (κ2) is 12.8. The number of likely N-dealkylation sites (tertiary alicyclic amines) is 1. The van der Waals surface area contributed by atoms with Crippen molar-refractivity contribution in [2.24, 2.45) is 0 Å². The minimum atomic E-state index is -3.15. The maximum atomic E-state index is 14.6. The van der Waals surface area contributed by atoms with Gasteiger partial charge in [-0.25, -0.2) is 37.1 Å². The van der Waals surface area contributed by atoms with Gasteiger partial charge in [0.2, 0.25) is 0 Å². The molecule has 12 nitrogen and oxygen atoms in total. The summed E-state index contributed by atoms with van der Waals surface area (Å²) in [5.41, 5.74) is 2.46. The number of rotatable bonds is 7. The molecule has 0 spiro atoms. The van der Waals surface area contributed by atoms with Gasteiger partial charge >= 0.3 is 12.2 Å². The number of hydrogen-bond donors (Lipinski definition) is 2. The number of imidazole rings is 2. The molecule has 0 aliphatic carbocycles. The van der Waals surface area contributed by atoms with Gasteiger partial charge in [-0.1, -0.05) is 6.07 Å². The van der Waals surface area contributed by atoms with Crippen molar-refractivity contribution in [3.63, 3.8) is 0 Å². The smallest absolute Gasteiger partial charge is 0.411 e. The lowest BCUT2D eigenvalue weighted by Crippen LogP contribution is -2.42. The number of alkyl halides is 4. The van der Waals surface area contributed by atoms with Crippen LogP contribution in [0, 0.1) is 0 Å². The average molecular weight is 752 g/mol. The number of amides is 2. The molecular formula is C38H41F4N7O5. The number of hydrogen-bond acceptors (Lipinski definition) is 7. The number of carbonyl (C=O) groups is 2. The van der Waals surface area contributed by atoms with E-state index in [0.29, 0.717) is 34.3 Å². The van der Waals surface area contributed by atoms with E-state index in [2.05, 4.69) is 19.9 Å². The summed E-state index contributed by atoms with van der Waals surface area (Å²) in [6, 6.07) is 10.2. The standard InChI is InChI=1S/C38H41F4N7O5/c1-35(2,3)53-33(50)47(19-37(7,39)40)18-30-43-16-24(45-30)21-8-10-26-29(14-21)52-28-11-9-22(23-12-13-48(26)31(23)28)25-17-44-32(46-25)27-15-38(41,42)20-49(27)34(51)54-36(4,5)6/h8-14,16-17,27H,15,18-20H2,1-7H3,(H,43,45)(H,44,46). The molecule has 0 bridgehead atoms. The summed E-state index contributed by atoms with van der Waals surface area (Å²) in [4.78, 5) is 42.6. The Kier molecular flexibility index (Phi) is 8.72. The molecule has 2 aliphatic rings. The molecule has 2 N–H and O–H groups in total. The van der Waals surface area contributed by atoms with Crippen LogP contribution in [0.1, 0.15) is 72.6 Å². The van der Waals surface area contributed by atoms with E-state index in [1.165, 1.54) is 0 Å². The highest BCUT2D eigenvalue weighted by Gasteiger charge is 2.50. The molecule has 1 fully saturated rings. The van der Waals surface area contributed by atoms with Crippen LogP contribution in [0.4, 0.5) is 27.2 Å². The minimum absolute atomic E-state index is 0.218. The lowest BCUT2D eigenvalue weighted by atomic mass is 10.1. The van der Waals surface area contributed by atoms with Crippen molar-refractivity contribution in [3.8, 4) is 39.7 Å². The molecule has 286 valence electrons. The molecule has 2 aromatic carbocycles. The van der Waals surface area contributed by atoms with Gasteiger partial charge in [0.25, 0.3) is 11.8 Å². The van der Waals surface area contributed by atoms with Gasteiger partial charge < -0.3 is 28.7 Å². The van der Waals surface area contributed by atoms with Crippen molar-refractivity contribution in [1.82, 2.24) is 34.3 Å². The summed E-state index contributed by atoms with van der Waals surface area (Å²) in [6.07, 6.45) is 2.74. The van der Waals surface area contributed by atoms with E-state index >= 15 is 0 Å². The van der Waals surface area contributed by atoms with Crippen LogP contribution in [-0.2, 0) is 16.0 Å². The number of halogens is 4. The van der Waals surface area contributed by atoms with Crippen LogP contribution in [0.2, 0.25) is 0 Å². The number of nitrogens with one attached hydrogen (secondary N) is 2. The van der Waals surface area contributed by atoms with Crippen LogP contribution in [0.3, 0.4) is 0 Å². The quantitative estimate of drug-likeness (QED) is 0.156. The van der Waals surface area contributed by atoms with Crippen LogP contribution >= 0.6 is 0 Å². The number of aromatic nitrogens is 5. The molecule has 54 heavy (non-hydrogen) atoms. The van der Waals surface area contributed by atoms with Crippen molar-refractivity contribution >= 4 is 23.1 Å². The lowest BCUT2D eigenvalue weighted by molar-refractivity contribution is -0.0324. The number of ether oxygens (including phenoxy) is 3. The molecule has 1 unspecified atom stereocenters. The Morgan fingerprint density at radius 2 is 1.67 bits per heavy atom. The summed E-state index contributed by atoms with van der Waals surface area (Å²) >= 11 is 0. The van der Waals surface area contributed by atoms with Gasteiger partial charge in [0.05, 0.1) is 60.7 Å². The number of H-pyrrole nitrogens is 2. The van der Waals surface area contributed by atoms with Gasteiger partial charge in [-0.2, -0.15) is 0 Å². The summed E-state index contributed by atoms with van der Waals surface area (Å²) in [5.74, 6) is -4.59. The fraction of sp³-hybridized carbons (Fsp3) is 0.421. The van der Waals surface area contributed by atoms with E-state index in [0.717, 1.165) is 38.9 Å². The molecular weight excluding hydrogens is 710 g/mol. The van der Waals surface area contributed by atoms with Crippen molar-refractivity contribution in [2.75, 3.05) is 13.1 Å². The topological polar surface area (TPSA) is 131 Å². The fourth-order valence-corrected chi connectivity index (χ4v) is 6.66. The van der Waals surface area contributed by atoms with Crippen molar-refractivity contribution in [2.45, 2.75) is 90.5 Å². The molecule has 1 atom stereocenters. The van der Waals surface area contributed by atoms with Gasteiger partial charge in [-0.15, -0.1) is 0 Å². The highest BCUT2D eigenvalue weighted by Crippen LogP contribution is 2.46. The van der Waals surface area contributed by atoms with Crippen molar-refractivity contribution in [1.29, 1.82) is 0 Å². The van der Waals surface area contributed by atoms with Gasteiger partial charge in [0.1, 0.15) is 22.9 Å². The van der Waals surface area contributed by atoms with Gasteiger partial charge in [-0.3, -0.25) is 9.80 Å². The highest BCUT2D eigenvalue weighted by atomic mass is 19.3. The number of nitrogens with zero attached hydrogens (tertiary/aromatic N) is 5. The maximum absolute atomic E-state index is 14.6. The Labute approximate surface area is 308 Å².